The Hall–Kier alpha value is -2.36. The van der Waals surface area contributed by atoms with Crippen molar-refractivity contribution in [2.75, 3.05) is 0 Å². The summed E-state index contributed by atoms with van der Waals surface area (Å²) in [4.78, 5) is 37.0. The van der Waals surface area contributed by atoms with Gasteiger partial charge in [-0.2, -0.15) is 13.2 Å². The lowest BCUT2D eigenvalue weighted by molar-refractivity contribution is -0.173. The maximum atomic E-state index is 14.0. The average molecular weight is 479 g/mol. The number of carboxylic acids is 1. The molecular weight excluding hydrogens is 456 g/mol. The summed E-state index contributed by atoms with van der Waals surface area (Å²) in [5.41, 5.74) is 0.173. The number of hydrogen-bond donors (Lipinski definition) is 2. The Morgan fingerprint density at radius 1 is 1.22 bits per heavy atom. The van der Waals surface area contributed by atoms with E-state index in [1.165, 1.54) is 18.2 Å². The van der Waals surface area contributed by atoms with Gasteiger partial charge in [-0.25, -0.2) is 18.9 Å². The van der Waals surface area contributed by atoms with E-state index in [9.17, 15) is 37.1 Å². The summed E-state index contributed by atoms with van der Waals surface area (Å²) < 4.78 is 54.8. The van der Waals surface area contributed by atoms with E-state index in [-0.39, 0.29) is 36.3 Å². The predicted octanol–water partition coefficient (Wildman–Crippen LogP) is 4.54. The van der Waals surface area contributed by atoms with Crippen molar-refractivity contribution in [2.45, 2.75) is 63.2 Å². The lowest BCUT2D eigenvalue weighted by Crippen LogP contribution is -2.69. The number of rotatable bonds is 6. The van der Waals surface area contributed by atoms with Crippen LogP contribution >= 0.6 is 11.6 Å². The van der Waals surface area contributed by atoms with Crippen LogP contribution in [0.2, 0.25) is 5.02 Å². The van der Waals surface area contributed by atoms with Crippen LogP contribution < -0.4 is 5.32 Å². The maximum Gasteiger partial charge on any atom is 0.408 e. The summed E-state index contributed by atoms with van der Waals surface area (Å²) in [5.74, 6) is -5.09. The number of β-lactam (4-membered cyclic amide) rings is 1. The van der Waals surface area contributed by atoms with Crippen LogP contribution in [0.15, 0.2) is 18.2 Å². The molecule has 1 aromatic rings. The van der Waals surface area contributed by atoms with Crippen LogP contribution in [-0.4, -0.2) is 46.2 Å². The van der Waals surface area contributed by atoms with Crippen molar-refractivity contribution in [1.82, 2.24) is 10.2 Å². The second kappa shape index (κ2) is 9.64. The molecule has 2 aliphatic rings. The van der Waals surface area contributed by atoms with Crippen molar-refractivity contribution in [3.05, 3.63) is 34.6 Å². The van der Waals surface area contributed by atoms with Gasteiger partial charge in [0.05, 0.1) is 10.9 Å². The molecule has 1 saturated carbocycles. The summed E-state index contributed by atoms with van der Waals surface area (Å²) >= 11 is 5.71. The number of aliphatic carboxylic acids is 1. The van der Waals surface area contributed by atoms with Gasteiger partial charge < -0.3 is 10.4 Å². The molecule has 1 aliphatic carbocycles. The smallest absolute Gasteiger partial charge is 0.408 e. The molecule has 0 bridgehead atoms. The SMILES string of the molecule is O=C(O)C1[C@@H](CCc2cccc(Cl)c2F)C(=O)N1C(=O)NC(C1CCCCC1)C(F)(F)F. The van der Waals surface area contributed by atoms with Crippen molar-refractivity contribution in [3.8, 4) is 0 Å². The van der Waals surface area contributed by atoms with E-state index in [0.717, 1.165) is 6.42 Å². The minimum absolute atomic E-state index is 0.0186. The number of benzene rings is 1. The lowest BCUT2D eigenvalue weighted by Gasteiger charge is -2.44. The van der Waals surface area contributed by atoms with Crippen LogP contribution in [0.1, 0.15) is 44.1 Å². The van der Waals surface area contributed by atoms with E-state index < -0.39 is 53.8 Å². The molecule has 0 spiro atoms. The van der Waals surface area contributed by atoms with Gasteiger partial charge in [-0.3, -0.25) is 4.79 Å². The maximum absolute atomic E-state index is 14.0. The Labute approximate surface area is 186 Å². The highest BCUT2D eigenvalue weighted by Gasteiger charge is 2.56. The van der Waals surface area contributed by atoms with Gasteiger partial charge in [0.15, 0.2) is 6.04 Å². The van der Waals surface area contributed by atoms with Crippen LogP contribution in [0.25, 0.3) is 0 Å². The van der Waals surface area contributed by atoms with Crippen LogP contribution in [0.3, 0.4) is 0 Å². The van der Waals surface area contributed by atoms with Gasteiger partial charge in [-0.1, -0.05) is 43.0 Å². The number of imide groups is 1. The van der Waals surface area contributed by atoms with Crippen LogP contribution in [0, 0.1) is 17.7 Å². The Bertz CT molecular complexity index is 889. The Morgan fingerprint density at radius 2 is 1.88 bits per heavy atom. The first kappa shape index (κ1) is 24.3. The molecule has 1 heterocycles. The second-order valence-corrected chi connectivity index (χ2v) is 8.62. The molecule has 2 N–H and O–H groups in total. The first-order valence-corrected chi connectivity index (χ1v) is 10.8. The third-order valence-electron chi connectivity index (χ3n) is 6.19. The number of carbonyl (C=O) groups is 3. The number of aryl methyl sites for hydroxylation is 1. The van der Waals surface area contributed by atoms with Crippen LogP contribution in [0.5, 0.6) is 0 Å². The first-order valence-electron chi connectivity index (χ1n) is 10.4. The standard InChI is InChI=1S/C21H23ClF4N2O4/c22-14-8-4-7-11(15(14)23)9-10-13-16(19(30)31)28(18(13)29)20(32)27-17(21(24,25)26)12-5-2-1-3-6-12/h4,7-8,12-13,16-17H,1-3,5-6,9-10H2,(H,27,32)(H,30,31)/t13-,16?,17?/m1/s1. The van der Waals surface area contributed by atoms with Crippen LogP contribution in [0.4, 0.5) is 22.4 Å². The quantitative estimate of drug-likeness (QED) is 0.464. The van der Waals surface area contributed by atoms with E-state index >= 15 is 0 Å². The van der Waals surface area contributed by atoms with E-state index in [1.807, 2.05) is 5.32 Å². The third-order valence-corrected chi connectivity index (χ3v) is 6.49. The number of nitrogens with one attached hydrogen (secondary N) is 1. The molecule has 0 aromatic heterocycles. The fourth-order valence-electron chi connectivity index (χ4n) is 4.53. The fraction of sp³-hybridized carbons (Fsp3) is 0.571. The second-order valence-electron chi connectivity index (χ2n) is 8.22. The van der Waals surface area contributed by atoms with Crippen molar-refractivity contribution < 1.29 is 37.1 Å². The highest BCUT2D eigenvalue weighted by Crippen LogP contribution is 2.36. The van der Waals surface area contributed by atoms with Crippen molar-refractivity contribution in [2.24, 2.45) is 11.8 Å². The lowest BCUT2D eigenvalue weighted by atomic mass is 9.82. The Kier molecular flexibility index (Phi) is 7.32. The summed E-state index contributed by atoms with van der Waals surface area (Å²) in [7, 11) is 0. The highest BCUT2D eigenvalue weighted by atomic mass is 35.5. The molecular formula is C21H23ClF4N2O4. The van der Waals surface area contributed by atoms with E-state index in [1.54, 1.807) is 0 Å². The van der Waals surface area contributed by atoms with Crippen molar-refractivity contribution >= 4 is 29.5 Å². The highest BCUT2D eigenvalue weighted by molar-refractivity contribution is 6.30. The largest absolute Gasteiger partial charge is 0.480 e. The number of carbonyl (C=O) groups excluding carboxylic acids is 2. The number of alkyl halides is 3. The third kappa shape index (κ3) is 5.00. The average Bonchev–Trinajstić information content (AvgIpc) is 2.72. The van der Waals surface area contributed by atoms with Gasteiger partial charge in [0.25, 0.3) is 0 Å². The summed E-state index contributed by atoms with van der Waals surface area (Å²) in [6, 6.07) is -0.879. The zero-order valence-electron chi connectivity index (χ0n) is 17.0. The first-order chi connectivity index (χ1) is 15.0. The number of carboxylic acid groups (broad SMARTS) is 1. The molecule has 1 aromatic carbocycles. The molecule has 32 heavy (non-hydrogen) atoms. The van der Waals surface area contributed by atoms with Gasteiger partial charge in [-0.15, -0.1) is 0 Å². The molecule has 1 aliphatic heterocycles. The van der Waals surface area contributed by atoms with E-state index in [4.69, 9.17) is 11.6 Å². The number of likely N-dealkylation sites (tertiary alicyclic amines) is 1. The zero-order valence-corrected chi connectivity index (χ0v) is 17.8. The summed E-state index contributed by atoms with van der Waals surface area (Å²) in [6.45, 7) is 0. The van der Waals surface area contributed by atoms with Crippen molar-refractivity contribution in [3.63, 3.8) is 0 Å². The molecule has 176 valence electrons. The molecule has 6 nitrogen and oxygen atoms in total. The van der Waals surface area contributed by atoms with Crippen LogP contribution in [-0.2, 0) is 16.0 Å². The number of nitrogens with zero attached hydrogens (tertiary/aromatic N) is 1. The topological polar surface area (TPSA) is 86.7 Å². The van der Waals surface area contributed by atoms with Gasteiger partial charge in [0, 0.05) is 0 Å². The molecule has 1 saturated heterocycles. The van der Waals surface area contributed by atoms with E-state index in [2.05, 4.69) is 0 Å². The van der Waals surface area contributed by atoms with Gasteiger partial charge in [0.2, 0.25) is 5.91 Å². The molecule has 3 atom stereocenters. The van der Waals surface area contributed by atoms with Crippen molar-refractivity contribution in [1.29, 1.82) is 0 Å². The summed E-state index contributed by atoms with van der Waals surface area (Å²) in [5, 5.41) is 11.2. The normalized spacial score (nSPS) is 22.9. The molecule has 2 unspecified atom stereocenters. The summed E-state index contributed by atoms with van der Waals surface area (Å²) in [6.07, 6.45) is -2.24. The predicted molar refractivity (Wildman–Crippen MR) is 106 cm³/mol. The molecule has 3 rings (SSSR count). The van der Waals surface area contributed by atoms with Gasteiger partial charge in [0.1, 0.15) is 11.9 Å². The Morgan fingerprint density at radius 3 is 2.47 bits per heavy atom. The molecule has 0 radical (unpaired) electrons. The number of hydrogen-bond acceptors (Lipinski definition) is 3. The number of amides is 3. The Balaban J connectivity index is 1.70. The minimum Gasteiger partial charge on any atom is -0.480 e. The zero-order chi connectivity index (χ0) is 23.6. The minimum atomic E-state index is -4.73. The molecule has 11 heteroatoms. The molecule has 3 amide bonds. The van der Waals surface area contributed by atoms with Gasteiger partial charge >= 0.3 is 18.2 Å². The number of urea groups is 1. The van der Waals surface area contributed by atoms with Gasteiger partial charge in [-0.05, 0) is 43.2 Å². The fourth-order valence-corrected chi connectivity index (χ4v) is 4.72. The molecule has 2 fully saturated rings. The monoisotopic (exact) mass is 478 g/mol. The number of halogens is 5. The van der Waals surface area contributed by atoms with E-state index in [0.29, 0.717) is 17.7 Å².